The van der Waals surface area contributed by atoms with Gasteiger partial charge in [0.2, 0.25) is 0 Å². The van der Waals surface area contributed by atoms with Crippen molar-refractivity contribution in [1.29, 1.82) is 0 Å². The molecule has 3 rings (SSSR count). The highest BCUT2D eigenvalue weighted by molar-refractivity contribution is 7.98. The third-order valence-electron chi connectivity index (χ3n) is 4.45. The van der Waals surface area contributed by atoms with Gasteiger partial charge in [-0.1, -0.05) is 42.5 Å². The third kappa shape index (κ3) is 6.58. The van der Waals surface area contributed by atoms with Crippen LogP contribution in [-0.4, -0.2) is 31.4 Å². The minimum absolute atomic E-state index is 0.0684. The second kappa shape index (κ2) is 11.5. The molecule has 3 aromatic rings. The summed E-state index contributed by atoms with van der Waals surface area (Å²) in [5, 5.41) is 6.70. The average Bonchev–Trinajstić information content (AvgIpc) is 2.85. The van der Waals surface area contributed by atoms with E-state index in [0.29, 0.717) is 11.3 Å². The normalized spacial score (nSPS) is 11.2. The second-order valence-corrected chi connectivity index (χ2v) is 7.50. The number of hydrogen-bond acceptors (Lipinski definition) is 5. The molecule has 0 aromatic heterocycles. The molecule has 0 fully saturated rings. The SMILES string of the molecule is COc1ccc(/C=C(/NC(=O)c2ccccc2)C(=O)N/N=C\c2ccc(SC)cc2)cc1. The molecule has 0 atom stereocenters. The van der Waals surface area contributed by atoms with Crippen molar-refractivity contribution in [3.05, 3.63) is 101 Å². The maximum absolute atomic E-state index is 12.8. The van der Waals surface area contributed by atoms with Crippen LogP contribution in [0.25, 0.3) is 6.08 Å². The Hall–Kier alpha value is -3.84. The summed E-state index contributed by atoms with van der Waals surface area (Å²) in [6.45, 7) is 0. The monoisotopic (exact) mass is 445 g/mol. The molecule has 2 amide bonds. The van der Waals surface area contributed by atoms with Crippen LogP contribution in [0.5, 0.6) is 5.75 Å². The van der Waals surface area contributed by atoms with E-state index in [1.165, 1.54) is 0 Å². The van der Waals surface area contributed by atoms with Crippen LogP contribution in [-0.2, 0) is 4.79 Å². The minimum Gasteiger partial charge on any atom is -0.497 e. The van der Waals surface area contributed by atoms with Crippen LogP contribution in [0, 0.1) is 0 Å². The first-order valence-electron chi connectivity index (χ1n) is 9.78. The standard InChI is InChI=1S/C25H23N3O3S/c1-31-21-12-8-18(9-13-21)16-23(27-24(29)20-6-4-3-5-7-20)25(30)28-26-17-19-10-14-22(32-2)15-11-19/h3-17H,1-2H3,(H,27,29)(H,28,30)/b23-16+,26-17-. The molecular formula is C25H23N3O3S. The molecule has 0 unspecified atom stereocenters. The number of benzene rings is 3. The average molecular weight is 446 g/mol. The molecule has 2 N–H and O–H groups in total. The quantitative estimate of drug-likeness (QED) is 0.234. The molecule has 0 radical (unpaired) electrons. The summed E-state index contributed by atoms with van der Waals surface area (Å²) in [5.74, 6) is -0.238. The Morgan fingerprint density at radius 1 is 0.906 bits per heavy atom. The van der Waals surface area contributed by atoms with Crippen molar-refractivity contribution in [1.82, 2.24) is 10.7 Å². The number of ether oxygens (including phenoxy) is 1. The van der Waals surface area contributed by atoms with Crippen LogP contribution in [0.3, 0.4) is 0 Å². The highest BCUT2D eigenvalue weighted by Gasteiger charge is 2.14. The number of nitrogens with one attached hydrogen (secondary N) is 2. The van der Waals surface area contributed by atoms with E-state index in [0.717, 1.165) is 16.0 Å². The Bertz CT molecular complexity index is 1110. The molecule has 0 saturated carbocycles. The molecule has 0 heterocycles. The lowest BCUT2D eigenvalue weighted by molar-refractivity contribution is -0.117. The lowest BCUT2D eigenvalue weighted by atomic mass is 10.1. The van der Waals surface area contributed by atoms with E-state index in [1.54, 1.807) is 79.7 Å². The van der Waals surface area contributed by atoms with Gasteiger partial charge in [0, 0.05) is 10.5 Å². The van der Waals surface area contributed by atoms with Gasteiger partial charge >= 0.3 is 0 Å². The predicted octanol–water partition coefficient (Wildman–Crippen LogP) is 4.34. The van der Waals surface area contributed by atoms with Crippen molar-refractivity contribution < 1.29 is 14.3 Å². The van der Waals surface area contributed by atoms with Crippen molar-refractivity contribution >= 4 is 35.9 Å². The van der Waals surface area contributed by atoms with Crippen molar-refractivity contribution in [3.63, 3.8) is 0 Å². The summed E-state index contributed by atoms with van der Waals surface area (Å²) in [5.41, 5.74) is 4.56. The first-order chi connectivity index (χ1) is 15.6. The zero-order valence-electron chi connectivity index (χ0n) is 17.7. The smallest absolute Gasteiger partial charge is 0.287 e. The maximum Gasteiger partial charge on any atom is 0.287 e. The summed E-state index contributed by atoms with van der Waals surface area (Å²) >= 11 is 1.65. The van der Waals surface area contributed by atoms with E-state index in [9.17, 15) is 9.59 Å². The zero-order valence-corrected chi connectivity index (χ0v) is 18.6. The molecule has 7 heteroatoms. The van der Waals surface area contributed by atoms with Crippen LogP contribution >= 0.6 is 11.8 Å². The Kier molecular flexibility index (Phi) is 8.22. The number of methoxy groups -OCH3 is 1. The predicted molar refractivity (Wildman–Crippen MR) is 129 cm³/mol. The summed E-state index contributed by atoms with van der Waals surface area (Å²) in [6.07, 6.45) is 5.13. The molecular weight excluding hydrogens is 422 g/mol. The van der Waals surface area contributed by atoms with Gasteiger partial charge < -0.3 is 10.1 Å². The number of thioether (sulfide) groups is 1. The van der Waals surface area contributed by atoms with Gasteiger partial charge in [-0.15, -0.1) is 11.8 Å². The maximum atomic E-state index is 12.8. The fraction of sp³-hybridized carbons (Fsp3) is 0.0800. The second-order valence-electron chi connectivity index (χ2n) is 6.62. The van der Waals surface area contributed by atoms with Gasteiger partial charge in [0.1, 0.15) is 11.4 Å². The van der Waals surface area contributed by atoms with Crippen LogP contribution in [0.15, 0.2) is 94.6 Å². The van der Waals surface area contributed by atoms with Gasteiger partial charge in [0.15, 0.2) is 0 Å². The largest absolute Gasteiger partial charge is 0.497 e. The molecule has 0 bridgehead atoms. The fourth-order valence-electron chi connectivity index (χ4n) is 2.72. The molecule has 162 valence electrons. The zero-order chi connectivity index (χ0) is 22.8. The number of amides is 2. The van der Waals surface area contributed by atoms with E-state index < -0.39 is 11.8 Å². The summed E-state index contributed by atoms with van der Waals surface area (Å²) in [7, 11) is 1.58. The Morgan fingerprint density at radius 2 is 1.56 bits per heavy atom. The molecule has 3 aromatic carbocycles. The van der Waals surface area contributed by atoms with E-state index in [2.05, 4.69) is 15.8 Å². The number of nitrogens with zero attached hydrogens (tertiary/aromatic N) is 1. The molecule has 0 saturated heterocycles. The number of carbonyl (C=O) groups is 2. The highest BCUT2D eigenvalue weighted by atomic mass is 32.2. The van der Waals surface area contributed by atoms with Crippen molar-refractivity contribution in [3.8, 4) is 5.75 Å². The number of carbonyl (C=O) groups excluding carboxylic acids is 2. The van der Waals surface area contributed by atoms with Crippen LogP contribution in [0.4, 0.5) is 0 Å². The summed E-state index contributed by atoms with van der Waals surface area (Å²) < 4.78 is 5.16. The van der Waals surface area contributed by atoms with E-state index in [-0.39, 0.29) is 5.70 Å². The van der Waals surface area contributed by atoms with E-state index in [4.69, 9.17) is 4.74 Å². The Labute approximate surface area is 191 Å². The first-order valence-corrected chi connectivity index (χ1v) is 11.0. The highest BCUT2D eigenvalue weighted by Crippen LogP contribution is 2.15. The van der Waals surface area contributed by atoms with Gasteiger partial charge in [0.05, 0.1) is 13.3 Å². The number of rotatable bonds is 8. The molecule has 0 aliphatic carbocycles. The molecule has 0 aliphatic rings. The lowest BCUT2D eigenvalue weighted by Crippen LogP contribution is -2.32. The minimum atomic E-state index is -0.540. The van der Waals surface area contributed by atoms with Crippen molar-refractivity contribution in [2.75, 3.05) is 13.4 Å². The van der Waals surface area contributed by atoms with Crippen LogP contribution in [0.2, 0.25) is 0 Å². The molecule has 0 aliphatic heterocycles. The topological polar surface area (TPSA) is 79.8 Å². The molecule has 6 nitrogen and oxygen atoms in total. The van der Waals surface area contributed by atoms with Gasteiger partial charge in [0.25, 0.3) is 11.8 Å². The van der Waals surface area contributed by atoms with E-state index >= 15 is 0 Å². The van der Waals surface area contributed by atoms with Gasteiger partial charge in [-0.3, -0.25) is 9.59 Å². The van der Waals surface area contributed by atoms with Crippen LogP contribution < -0.4 is 15.5 Å². The van der Waals surface area contributed by atoms with Gasteiger partial charge in [-0.2, -0.15) is 5.10 Å². The van der Waals surface area contributed by atoms with E-state index in [1.807, 2.05) is 36.6 Å². The van der Waals surface area contributed by atoms with Crippen LogP contribution in [0.1, 0.15) is 21.5 Å². The third-order valence-corrected chi connectivity index (χ3v) is 5.19. The summed E-state index contributed by atoms with van der Waals surface area (Å²) in [4.78, 5) is 26.5. The number of hydrazone groups is 1. The fourth-order valence-corrected chi connectivity index (χ4v) is 3.13. The Morgan fingerprint density at radius 3 is 2.19 bits per heavy atom. The number of hydrogen-bond donors (Lipinski definition) is 2. The van der Waals surface area contributed by atoms with Crippen molar-refractivity contribution in [2.24, 2.45) is 5.10 Å². The Balaban J connectivity index is 1.78. The van der Waals surface area contributed by atoms with Gasteiger partial charge in [-0.05, 0) is 59.9 Å². The van der Waals surface area contributed by atoms with Crippen molar-refractivity contribution in [2.45, 2.75) is 4.90 Å². The van der Waals surface area contributed by atoms with Gasteiger partial charge in [-0.25, -0.2) is 5.43 Å². The molecule has 0 spiro atoms. The summed E-state index contributed by atoms with van der Waals surface area (Å²) in [6, 6.07) is 23.6. The lowest BCUT2D eigenvalue weighted by Gasteiger charge is -2.09. The first kappa shape index (κ1) is 22.8. The molecule has 32 heavy (non-hydrogen) atoms.